The van der Waals surface area contributed by atoms with Crippen LogP contribution >= 0.6 is 0 Å². The molecule has 0 spiro atoms. The summed E-state index contributed by atoms with van der Waals surface area (Å²) in [6.45, 7) is 8.72. The molecule has 132 valence electrons. The molecule has 2 aromatic carbocycles. The number of benzene rings is 2. The Balaban J connectivity index is 1.63. The quantitative estimate of drug-likeness (QED) is 0.868. The first kappa shape index (κ1) is 17.3. The van der Waals surface area contributed by atoms with Gasteiger partial charge in [-0.1, -0.05) is 18.2 Å². The van der Waals surface area contributed by atoms with Crippen LogP contribution in [0.25, 0.3) is 0 Å². The summed E-state index contributed by atoms with van der Waals surface area (Å²) in [4.78, 5) is 16.9. The highest BCUT2D eigenvalue weighted by molar-refractivity contribution is 5.98. The van der Waals surface area contributed by atoms with E-state index in [-0.39, 0.29) is 11.9 Å². The lowest BCUT2D eigenvalue weighted by atomic mass is 10.1. The lowest BCUT2D eigenvalue weighted by Crippen LogP contribution is -2.39. The summed E-state index contributed by atoms with van der Waals surface area (Å²) in [5.74, 6) is 0.116. The molecule has 1 unspecified atom stereocenters. The van der Waals surface area contributed by atoms with Crippen molar-refractivity contribution in [1.82, 2.24) is 0 Å². The Morgan fingerprint density at radius 2 is 1.80 bits per heavy atom. The van der Waals surface area contributed by atoms with Crippen molar-refractivity contribution < 1.29 is 4.79 Å². The Kier molecular flexibility index (Phi) is 5.27. The van der Waals surface area contributed by atoms with E-state index in [1.807, 2.05) is 35.2 Å². The molecule has 1 heterocycles. The van der Waals surface area contributed by atoms with E-state index >= 15 is 0 Å². The molecular weight excluding hydrogens is 310 g/mol. The predicted molar refractivity (Wildman–Crippen MR) is 106 cm³/mol. The van der Waals surface area contributed by atoms with Gasteiger partial charge in [0.2, 0.25) is 5.91 Å². The molecule has 0 saturated carbocycles. The molecule has 4 heteroatoms. The Hall–Kier alpha value is -2.49. The molecule has 1 atom stereocenters. The highest BCUT2D eigenvalue weighted by atomic mass is 16.2. The second-order valence-electron chi connectivity index (χ2n) is 6.52. The van der Waals surface area contributed by atoms with Crippen molar-refractivity contribution in [2.75, 3.05) is 34.8 Å². The topological polar surface area (TPSA) is 35.6 Å². The number of rotatable bonds is 6. The standard InChI is InChI=1S/C21H27N3O/c1-4-23(5-2)19-12-10-18(11-13-19)22-15-21(25)24-16(3)14-17-8-6-7-9-20(17)24/h6-13,16,22H,4-5,14-15H2,1-3H3. The van der Waals surface area contributed by atoms with Crippen LogP contribution in [0.15, 0.2) is 48.5 Å². The molecule has 0 bridgehead atoms. The molecule has 0 radical (unpaired) electrons. The third-order valence-corrected chi connectivity index (χ3v) is 4.92. The van der Waals surface area contributed by atoms with Gasteiger partial charge < -0.3 is 15.1 Å². The average Bonchev–Trinajstić information content (AvgIpc) is 2.97. The van der Waals surface area contributed by atoms with Crippen molar-refractivity contribution in [2.24, 2.45) is 0 Å². The van der Waals surface area contributed by atoms with Crippen LogP contribution in [0.3, 0.4) is 0 Å². The smallest absolute Gasteiger partial charge is 0.246 e. The summed E-state index contributed by atoms with van der Waals surface area (Å²) in [6.07, 6.45) is 0.931. The fraction of sp³-hybridized carbons (Fsp3) is 0.381. The van der Waals surface area contributed by atoms with Crippen molar-refractivity contribution in [3.8, 4) is 0 Å². The van der Waals surface area contributed by atoms with Crippen molar-refractivity contribution in [3.05, 3.63) is 54.1 Å². The minimum absolute atomic E-state index is 0.116. The summed E-state index contributed by atoms with van der Waals surface area (Å²) < 4.78 is 0. The maximum Gasteiger partial charge on any atom is 0.246 e. The normalized spacial score (nSPS) is 15.8. The number of carbonyl (C=O) groups is 1. The molecule has 0 fully saturated rings. The molecule has 0 saturated heterocycles. The van der Waals surface area contributed by atoms with E-state index < -0.39 is 0 Å². The fourth-order valence-corrected chi connectivity index (χ4v) is 3.59. The first-order valence-electron chi connectivity index (χ1n) is 9.12. The van der Waals surface area contributed by atoms with E-state index in [9.17, 15) is 4.79 Å². The SMILES string of the molecule is CCN(CC)c1ccc(NCC(=O)N2c3ccccc3CC2C)cc1. The lowest BCUT2D eigenvalue weighted by molar-refractivity contribution is -0.117. The molecule has 1 N–H and O–H groups in total. The Bertz CT molecular complexity index is 722. The molecule has 25 heavy (non-hydrogen) atoms. The third kappa shape index (κ3) is 3.63. The zero-order valence-electron chi connectivity index (χ0n) is 15.3. The van der Waals surface area contributed by atoms with Crippen molar-refractivity contribution in [1.29, 1.82) is 0 Å². The summed E-state index contributed by atoms with van der Waals surface area (Å²) in [6, 6.07) is 16.7. The highest BCUT2D eigenvalue weighted by Gasteiger charge is 2.30. The predicted octanol–water partition coefficient (Wildman–Crippen LogP) is 3.92. The van der Waals surface area contributed by atoms with Gasteiger partial charge in [-0.2, -0.15) is 0 Å². The number of hydrogen-bond donors (Lipinski definition) is 1. The van der Waals surface area contributed by atoms with Gasteiger partial charge in [-0.3, -0.25) is 4.79 Å². The van der Waals surface area contributed by atoms with E-state index in [2.05, 4.69) is 49.2 Å². The van der Waals surface area contributed by atoms with Gasteiger partial charge in [-0.05, 0) is 63.1 Å². The largest absolute Gasteiger partial charge is 0.376 e. The van der Waals surface area contributed by atoms with Crippen LogP contribution in [-0.4, -0.2) is 31.6 Å². The molecule has 0 aliphatic carbocycles. The van der Waals surface area contributed by atoms with Gasteiger partial charge in [0.05, 0.1) is 6.54 Å². The number of para-hydroxylation sites is 1. The van der Waals surface area contributed by atoms with Crippen LogP contribution in [0.4, 0.5) is 17.1 Å². The van der Waals surface area contributed by atoms with Gasteiger partial charge in [-0.15, -0.1) is 0 Å². The first-order chi connectivity index (χ1) is 12.1. The van der Waals surface area contributed by atoms with E-state index in [1.165, 1.54) is 11.3 Å². The van der Waals surface area contributed by atoms with E-state index in [0.717, 1.165) is 30.9 Å². The third-order valence-electron chi connectivity index (χ3n) is 4.92. The molecule has 1 aliphatic rings. The minimum Gasteiger partial charge on any atom is -0.376 e. The summed E-state index contributed by atoms with van der Waals surface area (Å²) >= 11 is 0. The number of hydrogen-bond acceptors (Lipinski definition) is 3. The first-order valence-corrected chi connectivity index (χ1v) is 9.12. The second-order valence-corrected chi connectivity index (χ2v) is 6.52. The zero-order chi connectivity index (χ0) is 17.8. The van der Waals surface area contributed by atoms with Gasteiger partial charge in [0, 0.05) is 36.2 Å². The molecule has 3 rings (SSSR count). The van der Waals surface area contributed by atoms with Crippen LogP contribution in [0.5, 0.6) is 0 Å². The van der Waals surface area contributed by atoms with Crippen LogP contribution in [-0.2, 0) is 11.2 Å². The van der Waals surface area contributed by atoms with Crippen molar-refractivity contribution in [2.45, 2.75) is 33.2 Å². The molecular formula is C21H27N3O. The van der Waals surface area contributed by atoms with Crippen LogP contribution in [0, 0.1) is 0 Å². The molecule has 1 aliphatic heterocycles. The number of nitrogens with one attached hydrogen (secondary N) is 1. The van der Waals surface area contributed by atoms with Crippen LogP contribution in [0.2, 0.25) is 0 Å². The van der Waals surface area contributed by atoms with Gasteiger partial charge in [0.15, 0.2) is 0 Å². The van der Waals surface area contributed by atoms with Crippen LogP contribution in [0.1, 0.15) is 26.3 Å². The van der Waals surface area contributed by atoms with Gasteiger partial charge in [-0.25, -0.2) is 0 Å². The summed E-state index contributed by atoms with van der Waals surface area (Å²) in [5.41, 5.74) is 4.50. The van der Waals surface area contributed by atoms with Gasteiger partial charge in [0.25, 0.3) is 0 Å². The molecule has 2 aromatic rings. The maximum absolute atomic E-state index is 12.7. The highest BCUT2D eigenvalue weighted by Crippen LogP contribution is 2.31. The van der Waals surface area contributed by atoms with Crippen LogP contribution < -0.4 is 15.1 Å². The molecule has 4 nitrogen and oxygen atoms in total. The molecule has 1 amide bonds. The Labute approximate surface area is 150 Å². The van der Waals surface area contributed by atoms with E-state index in [1.54, 1.807) is 0 Å². The maximum atomic E-state index is 12.7. The Morgan fingerprint density at radius 1 is 1.12 bits per heavy atom. The number of fused-ring (bicyclic) bond motifs is 1. The van der Waals surface area contributed by atoms with Gasteiger partial charge >= 0.3 is 0 Å². The van der Waals surface area contributed by atoms with Crippen molar-refractivity contribution >= 4 is 23.0 Å². The number of amides is 1. The average molecular weight is 337 g/mol. The molecule has 0 aromatic heterocycles. The summed E-state index contributed by atoms with van der Waals surface area (Å²) in [7, 11) is 0. The zero-order valence-corrected chi connectivity index (χ0v) is 15.3. The Morgan fingerprint density at radius 3 is 2.48 bits per heavy atom. The number of nitrogens with zero attached hydrogens (tertiary/aromatic N) is 2. The monoisotopic (exact) mass is 337 g/mol. The van der Waals surface area contributed by atoms with E-state index in [4.69, 9.17) is 0 Å². The number of anilines is 3. The van der Waals surface area contributed by atoms with Crippen molar-refractivity contribution in [3.63, 3.8) is 0 Å². The second kappa shape index (κ2) is 7.60. The fourth-order valence-electron chi connectivity index (χ4n) is 3.59. The lowest BCUT2D eigenvalue weighted by Gasteiger charge is -2.23. The van der Waals surface area contributed by atoms with E-state index in [0.29, 0.717) is 6.54 Å². The number of carbonyl (C=O) groups excluding carboxylic acids is 1. The minimum atomic E-state index is 0.116. The summed E-state index contributed by atoms with van der Waals surface area (Å²) in [5, 5.41) is 3.27. The van der Waals surface area contributed by atoms with Gasteiger partial charge in [0.1, 0.15) is 0 Å².